The summed E-state index contributed by atoms with van der Waals surface area (Å²) in [5.41, 5.74) is 6.06. The fourth-order valence-corrected chi connectivity index (χ4v) is 2.05. The first kappa shape index (κ1) is 11.1. The minimum atomic E-state index is -0.188. The summed E-state index contributed by atoms with van der Waals surface area (Å²) in [7, 11) is 0. The average Bonchev–Trinajstić information content (AvgIpc) is 2.33. The number of nitrogens with two attached hydrogens (primary N) is 1. The highest BCUT2D eigenvalue weighted by atomic mass is 79.9. The molecule has 3 nitrogen and oxygen atoms in total. The van der Waals surface area contributed by atoms with Crippen molar-refractivity contribution in [2.24, 2.45) is 5.73 Å². The van der Waals surface area contributed by atoms with Crippen molar-refractivity contribution in [3.8, 4) is 0 Å². The SMILES string of the molecule is NCC(=O)Nc1ccc(Br)c2ccccc12. The van der Waals surface area contributed by atoms with Gasteiger partial charge in [0.05, 0.1) is 6.54 Å². The van der Waals surface area contributed by atoms with Crippen molar-refractivity contribution in [1.29, 1.82) is 0 Å². The van der Waals surface area contributed by atoms with Gasteiger partial charge in [0.2, 0.25) is 5.91 Å². The van der Waals surface area contributed by atoms with Gasteiger partial charge in [0, 0.05) is 15.5 Å². The molecule has 16 heavy (non-hydrogen) atoms. The second-order valence-corrected chi connectivity index (χ2v) is 4.25. The Kier molecular flexibility index (Phi) is 3.22. The fourth-order valence-electron chi connectivity index (χ4n) is 1.57. The fraction of sp³-hybridized carbons (Fsp3) is 0.0833. The first-order valence-corrected chi connectivity index (χ1v) is 5.69. The number of carbonyl (C=O) groups excluding carboxylic acids is 1. The van der Waals surface area contributed by atoms with Gasteiger partial charge in [-0.05, 0) is 17.5 Å². The molecule has 0 aromatic heterocycles. The van der Waals surface area contributed by atoms with Crippen molar-refractivity contribution in [3.63, 3.8) is 0 Å². The van der Waals surface area contributed by atoms with Crippen molar-refractivity contribution < 1.29 is 4.79 Å². The van der Waals surface area contributed by atoms with Crippen LogP contribution < -0.4 is 11.1 Å². The molecule has 4 heteroatoms. The number of benzene rings is 2. The highest BCUT2D eigenvalue weighted by molar-refractivity contribution is 9.10. The highest BCUT2D eigenvalue weighted by Crippen LogP contribution is 2.29. The molecule has 0 unspecified atom stereocenters. The number of anilines is 1. The zero-order valence-corrected chi connectivity index (χ0v) is 10.1. The molecule has 0 radical (unpaired) electrons. The molecule has 0 atom stereocenters. The molecule has 0 saturated heterocycles. The first-order chi connectivity index (χ1) is 7.72. The number of nitrogens with one attached hydrogen (secondary N) is 1. The monoisotopic (exact) mass is 278 g/mol. The van der Waals surface area contributed by atoms with Gasteiger partial charge in [0.15, 0.2) is 0 Å². The Labute approximate surface area is 102 Å². The van der Waals surface area contributed by atoms with Crippen LogP contribution in [0.5, 0.6) is 0 Å². The largest absolute Gasteiger partial charge is 0.324 e. The van der Waals surface area contributed by atoms with Gasteiger partial charge in [-0.2, -0.15) is 0 Å². The summed E-state index contributed by atoms with van der Waals surface area (Å²) in [5, 5.41) is 4.84. The summed E-state index contributed by atoms with van der Waals surface area (Å²) in [5.74, 6) is -0.188. The van der Waals surface area contributed by atoms with Crippen LogP contribution in [0.4, 0.5) is 5.69 Å². The summed E-state index contributed by atoms with van der Waals surface area (Å²) in [6.45, 7) is -0.00953. The number of halogens is 1. The lowest BCUT2D eigenvalue weighted by Gasteiger charge is -2.08. The third kappa shape index (κ3) is 2.08. The van der Waals surface area contributed by atoms with E-state index >= 15 is 0 Å². The summed E-state index contributed by atoms with van der Waals surface area (Å²) >= 11 is 3.48. The standard InChI is InChI=1S/C12H11BrN2O/c13-10-5-6-11(15-12(16)7-14)9-4-2-1-3-8(9)10/h1-6H,7,14H2,(H,15,16). The average molecular weight is 279 g/mol. The molecule has 2 aromatic rings. The van der Waals surface area contributed by atoms with E-state index in [2.05, 4.69) is 21.2 Å². The van der Waals surface area contributed by atoms with E-state index in [0.29, 0.717) is 0 Å². The van der Waals surface area contributed by atoms with Crippen molar-refractivity contribution >= 4 is 38.3 Å². The Morgan fingerprint density at radius 2 is 1.88 bits per heavy atom. The quantitative estimate of drug-likeness (QED) is 0.887. The van der Waals surface area contributed by atoms with E-state index in [1.807, 2.05) is 36.4 Å². The van der Waals surface area contributed by atoms with E-state index in [0.717, 1.165) is 20.9 Å². The normalized spacial score (nSPS) is 10.4. The Bertz CT molecular complexity index is 540. The number of hydrogen-bond donors (Lipinski definition) is 2. The molecule has 0 saturated carbocycles. The molecule has 0 aliphatic rings. The Balaban J connectivity index is 2.54. The topological polar surface area (TPSA) is 55.1 Å². The first-order valence-electron chi connectivity index (χ1n) is 4.89. The van der Waals surface area contributed by atoms with E-state index < -0.39 is 0 Å². The van der Waals surface area contributed by atoms with Crippen LogP contribution in [0.3, 0.4) is 0 Å². The highest BCUT2D eigenvalue weighted by Gasteiger charge is 2.05. The Hall–Kier alpha value is -1.39. The third-order valence-electron chi connectivity index (χ3n) is 2.33. The maximum atomic E-state index is 11.3. The van der Waals surface area contributed by atoms with Crippen LogP contribution in [-0.2, 0) is 4.79 Å². The Morgan fingerprint density at radius 1 is 1.19 bits per heavy atom. The zero-order chi connectivity index (χ0) is 11.5. The molecular formula is C12H11BrN2O. The molecule has 0 spiro atoms. The van der Waals surface area contributed by atoms with Crippen LogP contribution in [0, 0.1) is 0 Å². The molecule has 0 aliphatic heterocycles. The smallest absolute Gasteiger partial charge is 0.238 e. The lowest BCUT2D eigenvalue weighted by molar-refractivity contribution is -0.114. The number of carbonyl (C=O) groups is 1. The van der Waals surface area contributed by atoms with Gasteiger partial charge in [-0.25, -0.2) is 0 Å². The van der Waals surface area contributed by atoms with Crippen LogP contribution in [0.15, 0.2) is 40.9 Å². The van der Waals surface area contributed by atoms with Gasteiger partial charge >= 0.3 is 0 Å². The van der Waals surface area contributed by atoms with Gasteiger partial charge in [0.1, 0.15) is 0 Å². The molecule has 0 bridgehead atoms. The van der Waals surface area contributed by atoms with E-state index in [1.165, 1.54) is 0 Å². The van der Waals surface area contributed by atoms with E-state index in [4.69, 9.17) is 5.73 Å². The molecule has 1 amide bonds. The second kappa shape index (κ2) is 4.63. The van der Waals surface area contributed by atoms with Gasteiger partial charge in [-0.3, -0.25) is 4.79 Å². The number of hydrogen-bond acceptors (Lipinski definition) is 2. The lowest BCUT2D eigenvalue weighted by atomic mass is 10.1. The molecular weight excluding hydrogens is 268 g/mol. The van der Waals surface area contributed by atoms with Crippen LogP contribution >= 0.6 is 15.9 Å². The lowest BCUT2D eigenvalue weighted by Crippen LogP contribution is -2.21. The molecule has 2 aromatic carbocycles. The summed E-state index contributed by atoms with van der Waals surface area (Å²) in [6.07, 6.45) is 0. The third-order valence-corrected chi connectivity index (χ3v) is 3.02. The molecule has 3 N–H and O–H groups in total. The van der Waals surface area contributed by atoms with Gasteiger partial charge < -0.3 is 11.1 Å². The van der Waals surface area contributed by atoms with Crippen molar-refractivity contribution in [2.45, 2.75) is 0 Å². The van der Waals surface area contributed by atoms with E-state index in [1.54, 1.807) is 0 Å². The zero-order valence-electron chi connectivity index (χ0n) is 8.53. The molecule has 0 aliphatic carbocycles. The second-order valence-electron chi connectivity index (χ2n) is 3.39. The van der Waals surface area contributed by atoms with Crippen LogP contribution in [0.2, 0.25) is 0 Å². The van der Waals surface area contributed by atoms with Crippen molar-refractivity contribution in [3.05, 3.63) is 40.9 Å². The number of fused-ring (bicyclic) bond motifs is 1. The van der Waals surface area contributed by atoms with Gasteiger partial charge in [-0.1, -0.05) is 40.2 Å². The molecule has 0 fully saturated rings. The van der Waals surface area contributed by atoms with Gasteiger partial charge in [0.25, 0.3) is 0 Å². The summed E-state index contributed by atoms with van der Waals surface area (Å²) < 4.78 is 1.01. The van der Waals surface area contributed by atoms with Crippen LogP contribution in [0.25, 0.3) is 10.8 Å². The predicted octanol–water partition coefficient (Wildman–Crippen LogP) is 2.50. The Morgan fingerprint density at radius 3 is 2.56 bits per heavy atom. The predicted molar refractivity (Wildman–Crippen MR) is 69.3 cm³/mol. The van der Waals surface area contributed by atoms with E-state index in [-0.39, 0.29) is 12.5 Å². The minimum Gasteiger partial charge on any atom is -0.324 e. The summed E-state index contributed by atoms with van der Waals surface area (Å²) in [6, 6.07) is 11.6. The minimum absolute atomic E-state index is 0.00953. The van der Waals surface area contributed by atoms with Gasteiger partial charge in [-0.15, -0.1) is 0 Å². The van der Waals surface area contributed by atoms with Crippen molar-refractivity contribution in [2.75, 3.05) is 11.9 Å². The molecule has 82 valence electrons. The molecule has 2 rings (SSSR count). The number of rotatable bonds is 2. The van der Waals surface area contributed by atoms with Crippen molar-refractivity contribution in [1.82, 2.24) is 0 Å². The van der Waals surface area contributed by atoms with Crippen LogP contribution in [0.1, 0.15) is 0 Å². The molecule has 0 heterocycles. The number of amides is 1. The maximum Gasteiger partial charge on any atom is 0.238 e. The maximum absolute atomic E-state index is 11.3. The van der Waals surface area contributed by atoms with Crippen LogP contribution in [-0.4, -0.2) is 12.5 Å². The summed E-state index contributed by atoms with van der Waals surface area (Å²) in [4.78, 5) is 11.3. The van der Waals surface area contributed by atoms with E-state index in [9.17, 15) is 4.79 Å².